The Kier molecular flexibility index (Phi) is 4.75. The first-order valence-electron chi connectivity index (χ1n) is 5.18. The van der Waals surface area contributed by atoms with Gasteiger partial charge in [0.1, 0.15) is 0 Å². The molecule has 0 bridgehead atoms. The van der Waals surface area contributed by atoms with Crippen LogP contribution in [0.4, 0.5) is 8.78 Å². The fraction of sp³-hybridized carbons (Fsp3) is 0.300. The molecule has 1 rings (SSSR count). The van der Waals surface area contributed by atoms with E-state index in [1.165, 1.54) is 0 Å². The monoisotopic (exact) mass is 294 g/mol. The maximum atomic E-state index is 12.9. The molecule has 0 radical (unpaired) electrons. The maximum absolute atomic E-state index is 12.9. The molecule has 0 spiro atoms. The van der Waals surface area contributed by atoms with Crippen molar-refractivity contribution in [2.24, 2.45) is 5.73 Å². The number of alkyl halides is 2. The van der Waals surface area contributed by atoms with Gasteiger partial charge in [0.05, 0.1) is 6.04 Å². The summed E-state index contributed by atoms with van der Waals surface area (Å²) < 4.78 is 36.3. The zero-order chi connectivity index (χ0) is 14.7. The second-order valence-corrected chi connectivity index (χ2v) is 5.52. The summed E-state index contributed by atoms with van der Waals surface area (Å²) in [7, 11) is -5.77. The van der Waals surface area contributed by atoms with E-state index in [2.05, 4.69) is 0 Å². The molecule has 0 aromatic heterocycles. The van der Waals surface area contributed by atoms with E-state index in [1.807, 2.05) is 0 Å². The average Bonchev–Trinajstić information content (AvgIpc) is 2.28. The molecule has 0 fully saturated rings. The molecule has 19 heavy (non-hydrogen) atoms. The van der Waals surface area contributed by atoms with Crippen LogP contribution in [0, 0.1) is 0 Å². The molecule has 0 saturated carbocycles. The van der Waals surface area contributed by atoms with Crippen LogP contribution >= 0.6 is 7.60 Å². The quantitative estimate of drug-likeness (QED) is 0.464. The number of nitrogens with one attached hydrogen (secondary N) is 1. The minimum absolute atomic E-state index is 0.0239. The lowest BCUT2D eigenvalue weighted by atomic mass is 10.1. The lowest BCUT2D eigenvalue weighted by Crippen LogP contribution is -2.49. The second-order valence-electron chi connectivity index (χ2n) is 3.87. The molecule has 6 nitrogen and oxygen atoms in total. The molecule has 0 aliphatic heterocycles. The summed E-state index contributed by atoms with van der Waals surface area (Å²) in [4.78, 5) is 28.1. The van der Waals surface area contributed by atoms with Crippen molar-refractivity contribution in [2.75, 3.05) is 0 Å². The molecule has 5 N–H and O–H groups in total. The van der Waals surface area contributed by atoms with Crippen molar-refractivity contribution in [1.29, 1.82) is 0 Å². The van der Waals surface area contributed by atoms with E-state index in [4.69, 9.17) is 15.5 Å². The van der Waals surface area contributed by atoms with Crippen LogP contribution in [0.5, 0.6) is 0 Å². The van der Waals surface area contributed by atoms with E-state index in [0.717, 1.165) is 5.32 Å². The van der Waals surface area contributed by atoms with Crippen molar-refractivity contribution in [3.8, 4) is 0 Å². The highest BCUT2D eigenvalue weighted by Crippen LogP contribution is 2.50. The Morgan fingerprint density at radius 3 is 2.37 bits per heavy atom. The summed E-state index contributed by atoms with van der Waals surface area (Å²) in [6.45, 7) is 0. The van der Waals surface area contributed by atoms with E-state index in [1.54, 1.807) is 30.3 Å². The fourth-order valence-corrected chi connectivity index (χ4v) is 1.53. The number of carbonyl (C=O) groups is 1. The van der Waals surface area contributed by atoms with Gasteiger partial charge >= 0.3 is 13.4 Å². The Balaban J connectivity index is 2.66. The Labute approximate surface area is 107 Å². The summed E-state index contributed by atoms with van der Waals surface area (Å²) in [5.74, 6) is -5.96. The highest BCUT2D eigenvalue weighted by molar-refractivity contribution is 7.53. The smallest absolute Gasteiger partial charge is 0.320 e. The van der Waals surface area contributed by atoms with Crippen LogP contribution in [0.2, 0.25) is 0 Å². The summed E-state index contributed by atoms with van der Waals surface area (Å²) in [5, 5.41) is 0.956. The normalized spacial score (nSPS) is 13.9. The van der Waals surface area contributed by atoms with Crippen molar-refractivity contribution < 1.29 is 27.9 Å². The van der Waals surface area contributed by atoms with Gasteiger partial charge in [-0.25, -0.2) is 0 Å². The highest BCUT2D eigenvalue weighted by atomic mass is 31.2. The number of halogens is 2. The number of hydrogen-bond acceptors (Lipinski definition) is 3. The molecule has 1 amide bonds. The number of nitrogens with two attached hydrogens (primary N) is 1. The third kappa shape index (κ3) is 4.36. The number of amides is 1. The van der Waals surface area contributed by atoms with E-state index in [9.17, 15) is 18.1 Å². The molecule has 0 aliphatic carbocycles. The molecular formula is C10H13F2N2O4P. The standard InChI is InChI=1S/C10H13F2N2O4P/c11-10(12,19(16,17)18)14-9(15)8(13)6-7-4-2-1-3-5-7/h1-5,8H,6,13H2,(H,14,15)(H2,16,17,18)/t8-/m0/s1. The summed E-state index contributed by atoms with van der Waals surface area (Å²) in [5.41, 5.74) is 6.04. The predicted octanol–water partition coefficient (Wildman–Crippen LogP) is 0.401. The topological polar surface area (TPSA) is 113 Å². The van der Waals surface area contributed by atoms with Crippen LogP contribution in [0.3, 0.4) is 0 Å². The van der Waals surface area contributed by atoms with Crippen molar-refractivity contribution in [1.82, 2.24) is 5.32 Å². The lowest BCUT2D eigenvalue weighted by molar-refractivity contribution is -0.129. The van der Waals surface area contributed by atoms with Gasteiger partial charge in [0.2, 0.25) is 5.91 Å². The van der Waals surface area contributed by atoms with Crippen LogP contribution in [0.15, 0.2) is 30.3 Å². The Morgan fingerprint density at radius 1 is 1.37 bits per heavy atom. The first-order valence-corrected chi connectivity index (χ1v) is 6.80. The number of carbonyl (C=O) groups excluding carboxylic acids is 1. The summed E-state index contributed by atoms with van der Waals surface area (Å²) in [6, 6.07) is 7.06. The van der Waals surface area contributed by atoms with Gasteiger partial charge in [0.25, 0.3) is 0 Å². The van der Waals surface area contributed by atoms with Gasteiger partial charge in [0.15, 0.2) is 0 Å². The van der Waals surface area contributed by atoms with Crippen LogP contribution in [0.1, 0.15) is 5.56 Å². The molecule has 0 aliphatic rings. The van der Waals surface area contributed by atoms with E-state index in [-0.39, 0.29) is 6.42 Å². The van der Waals surface area contributed by atoms with Gasteiger partial charge < -0.3 is 15.5 Å². The van der Waals surface area contributed by atoms with Crippen LogP contribution < -0.4 is 11.1 Å². The number of hydrogen-bond donors (Lipinski definition) is 4. The minimum Gasteiger partial charge on any atom is -0.320 e. The minimum atomic E-state index is -5.77. The molecule has 0 heterocycles. The highest BCUT2D eigenvalue weighted by Gasteiger charge is 2.50. The van der Waals surface area contributed by atoms with Crippen LogP contribution in [-0.4, -0.2) is 27.5 Å². The van der Waals surface area contributed by atoms with Gasteiger partial charge in [-0.2, -0.15) is 8.78 Å². The third-order valence-electron chi connectivity index (χ3n) is 2.27. The van der Waals surface area contributed by atoms with Crippen molar-refractivity contribution in [3.05, 3.63) is 35.9 Å². The van der Waals surface area contributed by atoms with Gasteiger partial charge in [-0.3, -0.25) is 14.7 Å². The first-order chi connectivity index (χ1) is 8.63. The lowest BCUT2D eigenvalue weighted by Gasteiger charge is -2.20. The zero-order valence-corrected chi connectivity index (χ0v) is 10.6. The molecule has 0 unspecified atom stereocenters. The predicted molar refractivity (Wildman–Crippen MR) is 63.3 cm³/mol. The van der Waals surface area contributed by atoms with Crippen molar-refractivity contribution >= 4 is 13.5 Å². The van der Waals surface area contributed by atoms with Gasteiger partial charge in [0, 0.05) is 0 Å². The Bertz CT molecular complexity index is 492. The van der Waals surface area contributed by atoms with Crippen molar-refractivity contribution in [3.63, 3.8) is 0 Å². The number of benzene rings is 1. The summed E-state index contributed by atoms with van der Waals surface area (Å²) in [6.07, 6.45) is -0.0239. The molecule has 1 aromatic rings. The fourth-order valence-electron chi connectivity index (χ4n) is 1.27. The molecular weight excluding hydrogens is 281 g/mol. The Morgan fingerprint density at radius 2 is 1.89 bits per heavy atom. The van der Waals surface area contributed by atoms with Gasteiger partial charge in [-0.15, -0.1) is 0 Å². The SMILES string of the molecule is N[C@@H](Cc1ccccc1)C(=O)NC(F)(F)P(=O)(O)O. The largest absolute Gasteiger partial charge is 0.426 e. The van der Waals surface area contributed by atoms with E-state index >= 15 is 0 Å². The van der Waals surface area contributed by atoms with Gasteiger partial charge in [-0.1, -0.05) is 30.3 Å². The van der Waals surface area contributed by atoms with Crippen molar-refractivity contribution in [2.45, 2.75) is 18.3 Å². The molecule has 9 heteroatoms. The second kappa shape index (κ2) is 5.75. The molecule has 106 valence electrons. The van der Waals surface area contributed by atoms with E-state index < -0.39 is 25.3 Å². The molecule has 0 saturated heterocycles. The summed E-state index contributed by atoms with van der Waals surface area (Å²) >= 11 is 0. The maximum Gasteiger partial charge on any atom is 0.426 e. The molecule has 1 atom stereocenters. The van der Waals surface area contributed by atoms with Gasteiger partial charge in [-0.05, 0) is 12.0 Å². The zero-order valence-electron chi connectivity index (χ0n) is 9.66. The third-order valence-corrected chi connectivity index (χ3v) is 3.12. The average molecular weight is 294 g/mol. The first kappa shape index (κ1) is 15.7. The Hall–Kier alpha value is -1.34. The van der Waals surface area contributed by atoms with Crippen LogP contribution in [-0.2, 0) is 15.8 Å². The number of rotatable bonds is 5. The van der Waals surface area contributed by atoms with E-state index in [0.29, 0.717) is 5.56 Å². The molecule has 1 aromatic carbocycles. The van der Waals surface area contributed by atoms with Crippen LogP contribution in [0.25, 0.3) is 0 Å².